The van der Waals surface area contributed by atoms with Crippen LogP contribution in [0.1, 0.15) is 12.5 Å². The fourth-order valence-electron chi connectivity index (χ4n) is 1.14. The van der Waals surface area contributed by atoms with Crippen molar-refractivity contribution in [3.63, 3.8) is 0 Å². The molecule has 0 aliphatic heterocycles. The van der Waals surface area contributed by atoms with E-state index in [1.54, 1.807) is 19.1 Å². The molecule has 0 aromatic heterocycles. The summed E-state index contributed by atoms with van der Waals surface area (Å²) in [5, 5.41) is 0.454. The van der Waals surface area contributed by atoms with Gasteiger partial charge in [0.15, 0.2) is 0 Å². The summed E-state index contributed by atoms with van der Waals surface area (Å²) < 4.78 is 28.6. The highest BCUT2D eigenvalue weighted by atomic mass is 35.5. The lowest BCUT2D eigenvalue weighted by atomic mass is 10.1. The van der Waals surface area contributed by atoms with Gasteiger partial charge in [-0.15, -0.1) is 11.6 Å². The van der Waals surface area contributed by atoms with Gasteiger partial charge in [0.1, 0.15) is 5.75 Å². The van der Waals surface area contributed by atoms with Crippen LogP contribution in [0, 0.1) is 0 Å². The van der Waals surface area contributed by atoms with Gasteiger partial charge in [-0.1, -0.05) is 23.3 Å². The third-order valence-corrected chi connectivity index (χ3v) is 2.46. The molecule has 0 unspecified atom stereocenters. The summed E-state index contributed by atoms with van der Waals surface area (Å²) in [5.41, 5.74) is 1.33. The molecule has 16 heavy (non-hydrogen) atoms. The Balaban J connectivity index is 3.08. The van der Waals surface area contributed by atoms with Crippen LogP contribution >= 0.6 is 23.2 Å². The number of ether oxygens (including phenoxy) is 1. The van der Waals surface area contributed by atoms with E-state index in [0.29, 0.717) is 16.5 Å². The fraction of sp³-hybridized carbons (Fsp3) is 0.273. The van der Waals surface area contributed by atoms with Gasteiger partial charge < -0.3 is 4.74 Å². The molecule has 1 nitrogen and oxygen atoms in total. The lowest BCUT2D eigenvalue weighted by Crippen LogP contribution is -2.03. The van der Waals surface area contributed by atoms with Crippen molar-refractivity contribution >= 4 is 29.3 Å². The van der Waals surface area contributed by atoms with Crippen molar-refractivity contribution in [1.29, 1.82) is 0 Å². The number of benzene rings is 1. The quantitative estimate of drug-likeness (QED) is 0.725. The first kappa shape index (κ1) is 13.3. The van der Waals surface area contributed by atoms with Crippen molar-refractivity contribution in [2.75, 3.05) is 5.88 Å². The van der Waals surface area contributed by atoms with E-state index in [0.717, 1.165) is 5.57 Å². The lowest BCUT2D eigenvalue weighted by Gasteiger charge is -2.08. The van der Waals surface area contributed by atoms with Crippen LogP contribution in [0.25, 0.3) is 6.08 Å². The van der Waals surface area contributed by atoms with Crippen LogP contribution in [0.5, 0.6) is 5.75 Å². The number of allylic oxidation sites excluding steroid dienone is 1. The Morgan fingerprint density at radius 1 is 1.50 bits per heavy atom. The Morgan fingerprint density at radius 3 is 2.75 bits per heavy atom. The minimum absolute atomic E-state index is 0.0869. The van der Waals surface area contributed by atoms with Crippen molar-refractivity contribution in [1.82, 2.24) is 0 Å². The summed E-state index contributed by atoms with van der Waals surface area (Å²) in [7, 11) is 0. The summed E-state index contributed by atoms with van der Waals surface area (Å²) in [4.78, 5) is 0. The molecule has 0 fully saturated rings. The Labute approximate surface area is 103 Å². The summed E-state index contributed by atoms with van der Waals surface area (Å²) >= 11 is 11.4. The standard InChI is InChI=1S/C11H10Cl2F2O/c1-7(6-12)4-8-5-9(13)2-3-10(8)16-11(14)15/h2-5,11H,6H2,1H3. The van der Waals surface area contributed by atoms with Crippen LogP contribution in [0.4, 0.5) is 8.78 Å². The molecule has 1 aromatic carbocycles. The summed E-state index contributed by atoms with van der Waals surface area (Å²) in [6.07, 6.45) is 1.66. The summed E-state index contributed by atoms with van der Waals surface area (Å²) in [6.45, 7) is -1.07. The minimum atomic E-state index is -2.86. The zero-order valence-electron chi connectivity index (χ0n) is 8.51. The highest BCUT2D eigenvalue weighted by molar-refractivity contribution is 6.30. The maximum Gasteiger partial charge on any atom is 0.387 e. The van der Waals surface area contributed by atoms with Gasteiger partial charge in [-0.05, 0) is 25.1 Å². The van der Waals surface area contributed by atoms with Crippen LogP contribution < -0.4 is 4.74 Å². The van der Waals surface area contributed by atoms with E-state index in [2.05, 4.69) is 4.74 Å². The van der Waals surface area contributed by atoms with Crippen LogP contribution in [-0.2, 0) is 0 Å². The van der Waals surface area contributed by atoms with Gasteiger partial charge in [-0.25, -0.2) is 0 Å². The first-order chi connectivity index (χ1) is 7.52. The number of alkyl halides is 3. The average Bonchev–Trinajstić information content (AvgIpc) is 2.21. The molecule has 0 aliphatic carbocycles. The van der Waals surface area contributed by atoms with Gasteiger partial charge in [0.2, 0.25) is 0 Å². The van der Waals surface area contributed by atoms with E-state index < -0.39 is 6.61 Å². The van der Waals surface area contributed by atoms with Crippen molar-refractivity contribution in [3.8, 4) is 5.75 Å². The summed E-state index contributed by atoms with van der Waals surface area (Å²) in [6, 6.07) is 4.45. The number of hydrogen-bond acceptors (Lipinski definition) is 1. The second kappa shape index (κ2) is 6.06. The van der Waals surface area contributed by atoms with Gasteiger partial charge in [-0.2, -0.15) is 8.78 Å². The Kier molecular flexibility index (Phi) is 5.03. The predicted octanol–water partition coefficient (Wildman–Crippen LogP) is 4.58. The maximum atomic E-state index is 12.1. The van der Waals surface area contributed by atoms with Gasteiger partial charge in [0.25, 0.3) is 0 Å². The third kappa shape index (κ3) is 3.99. The van der Waals surface area contributed by atoms with Crippen molar-refractivity contribution in [2.24, 2.45) is 0 Å². The van der Waals surface area contributed by atoms with Crippen LogP contribution in [-0.4, -0.2) is 12.5 Å². The molecule has 1 aromatic rings. The second-order valence-electron chi connectivity index (χ2n) is 3.18. The first-order valence-corrected chi connectivity index (χ1v) is 5.41. The van der Waals surface area contributed by atoms with Crippen molar-refractivity contribution in [3.05, 3.63) is 34.4 Å². The minimum Gasteiger partial charge on any atom is -0.434 e. The van der Waals surface area contributed by atoms with E-state index in [1.807, 2.05) is 0 Å². The molecule has 0 N–H and O–H groups in total. The molecule has 0 amide bonds. The first-order valence-electron chi connectivity index (χ1n) is 4.50. The van der Waals surface area contributed by atoms with E-state index in [4.69, 9.17) is 23.2 Å². The highest BCUT2D eigenvalue weighted by Gasteiger charge is 2.08. The van der Waals surface area contributed by atoms with Gasteiger partial charge in [0.05, 0.1) is 0 Å². The predicted molar refractivity (Wildman–Crippen MR) is 62.5 cm³/mol. The Hall–Kier alpha value is -0.800. The van der Waals surface area contributed by atoms with E-state index in [1.165, 1.54) is 12.1 Å². The fourth-order valence-corrected chi connectivity index (χ4v) is 1.40. The highest BCUT2D eigenvalue weighted by Crippen LogP contribution is 2.26. The molecular weight excluding hydrogens is 257 g/mol. The number of hydrogen-bond donors (Lipinski definition) is 0. The molecule has 0 aliphatic rings. The molecule has 0 bridgehead atoms. The third-order valence-electron chi connectivity index (χ3n) is 1.80. The normalized spacial score (nSPS) is 12.0. The van der Waals surface area contributed by atoms with E-state index in [-0.39, 0.29) is 5.75 Å². The van der Waals surface area contributed by atoms with E-state index in [9.17, 15) is 8.78 Å². The Bertz CT molecular complexity index is 392. The molecule has 1 rings (SSSR count). The molecule has 0 spiro atoms. The maximum absolute atomic E-state index is 12.1. The van der Waals surface area contributed by atoms with Crippen molar-refractivity contribution < 1.29 is 13.5 Å². The molecule has 0 atom stereocenters. The van der Waals surface area contributed by atoms with Gasteiger partial charge >= 0.3 is 6.61 Å². The SMILES string of the molecule is CC(=Cc1cc(Cl)ccc1OC(F)F)CCl. The Morgan fingerprint density at radius 2 is 2.19 bits per heavy atom. The average molecular weight is 267 g/mol. The zero-order chi connectivity index (χ0) is 12.1. The molecule has 0 heterocycles. The van der Waals surface area contributed by atoms with Crippen LogP contribution in [0.2, 0.25) is 5.02 Å². The number of rotatable bonds is 4. The summed E-state index contributed by atoms with van der Waals surface area (Å²) in [5.74, 6) is 0.407. The van der Waals surface area contributed by atoms with Crippen molar-refractivity contribution in [2.45, 2.75) is 13.5 Å². The largest absolute Gasteiger partial charge is 0.434 e. The van der Waals surface area contributed by atoms with Gasteiger partial charge in [-0.3, -0.25) is 0 Å². The van der Waals surface area contributed by atoms with E-state index >= 15 is 0 Å². The molecule has 5 heteroatoms. The lowest BCUT2D eigenvalue weighted by molar-refractivity contribution is -0.0499. The second-order valence-corrected chi connectivity index (χ2v) is 3.89. The smallest absolute Gasteiger partial charge is 0.387 e. The number of halogens is 4. The monoisotopic (exact) mass is 266 g/mol. The zero-order valence-corrected chi connectivity index (χ0v) is 10.0. The molecule has 0 saturated heterocycles. The topological polar surface area (TPSA) is 9.23 Å². The van der Waals surface area contributed by atoms with Gasteiger partial charge in [0, 0.05) is 16.5 Å². The molecule has 88 valence electrons. The molecule has 0 saturated carbocycles. The van der Waals surface area contributed by atoms with Crippen LogP contribution in [0.15, 0.2) is 23.8 Å². The van der Waals surface area contributed by atoms with Crippen LogP contribution in [0.3, 0.4) is 0 Å². The molecule has 0 radical (unpaired) electrons. The molecular formula is C11H10Cl2F2O.